The second-order valence-electron chi connectivity index (χ2n) is 6.18. The molecule has 2 aliphatic rings. The van der Waals surface area contributed by atoms with E-state index in [1.54, 1.807) is 4.90 Å². The van der Waals surface area contributed by atoms with Gasteiger partial charge in [0, 0.05) is 24.7 Å². The lowest BCUT2D eigenvalue weighted by atomic mass is 10.1. The van der Waals surface area contributed by atoms with Crippen molar-refractivity contribution < 1.29 is 4.39 Å². The summed E-state index contributed by atoms with van der Waals surface area (Å²) in [5.41, 5.74) is 4.93. The number of hydrogen-bond acceptors (Lipinski definition) is 6. The van der Waals surface area contributed by atoms with Gasteiger partial charge < -0.3 is 10.6 Å². The number of hydrogen-bond donors (Lipinski definition) is 2. The van der Waals surface area contributed by atoms with Crippen LogP contribution in [0.4, 0.5) is 10.3 Å². The Kier molecular flexibility index (Phi) is 3.19. The lowest BCUT2D eigenvalue weighted by Gasteiger charge is -2.16. The molecule has 3 heterocycles. The van der Waals surface area contributed by atoms with Gasteiger partial charge in [0.25, 0.3) is 5.56 Å². The van der Waals surface area contributed by atoms with Crippen LogP contribution in [0.15, 0.2) is 15.8 Å². The summed E-state index contributed by atoms with van der Waals surface area (Å²) in [6.45, 7) is 0.863. The second-order valence-corrected chi connectivity index (χ2v) is 6.18. The number of rotatable bonds is 3. The fraction of sp³-hybridized carbons (Fsp3) is 0.571. The monoisotopic (exact) mass is 320 g/mol. The molecule has 0 bridgehead atoms. The molecule has 1 saturated heterocycles. The molecule has 1 saturated carbocycles. The molecule has 8 nitrogen and oxygen atoms in total. The van der Waals surface area contributed by atoms with Crippen molar-refractivity contribution in [1.82, 2.24) is 19.5 Å². The van der Waals surface area contributed by atoms with E-state index in [9.17, 15) is 14.0 Å². The molecular formula is C14H17FN6O2. The van der Waals surface area contributed by atoms with Crippen LogP contribution in [0.25, 0.3) is 11.0 Å². The number of nitrogens with one attached hydrogen (secondary N) is 1. The summed E-state index contributed by atoms with van der Waals surface area (Å²) >= 11 is 0. The van der Waals surface area contributed by atoms with E-state index in [0.29, 0.717) is 18.1 Å². The van der Waals surface area contributed by atoms with Crippen molar-refractivity contribution in [3.8, 4) is 0 Å². The second kappa shape index (κ2) is 5.12. The Bertz CT molecular complexity index is 874. The maximum atomic E-state index is 13.9. The average Bonchev–Trinajstić information content (AvgIpc) is 3.28. The first kappa shape index (κ1) is 14.3. The lowest BCUT2D eigenvalue weighted by molar-refractivity contribution is 0.289. The smallest absolute Gasteiger partial charge is 0.330 e. The van der Waals surface area contributed by atoms with E-state index in [0.717, 1.165) is 12.8 Å². The Hall–Kier alpha value is -2.29. The Morgan fingerprint density at radius 3 is 2.78 bits per heavy atom. The molecule has 9 heteroatoms. The predicted molar refractivity (Wildman–Crippen MR) is 82.3 cm³/mol. The van der Waals surface area contributed by atoms with Crippen LogP contribution in [0.2, 0.25) is 0 Å². The first-order chi connectivity index (χ1) is 11.1. The highest BCUT2D eigenvalue weighted by atomic mass is 19.1. The van der Waals surface area contributed by atoms with E-state index < -0.39 is 17.4 Å². The zero-order valence-electron chi connectivity index (χ0n) is 12.4. The minimum Gasteiger partial charge on any atom is -0.337 e. The largest absolute Gasteiger partial charge is 0.337 e. The van der Waals surface area contributed by atoms with Crippen LogP contribution in [0.3, 0.4) is 0 Å². The van der Waals surface area contributed by atoms with Crippen molar-refractivity contribution in [3.05, 3.63) is 27.0 Å². The van der Waals surface area contributed by atoms with E-state index in [-0.39, 0.29) is 30.4 Å². The van der Waals surface area contributed by atoms with Crippen molar-refractivity contribution in [3.63, 3.8) is 0 Å². The third kappa shape index (κ3) is 2.31. The number of alkyl halides is 1. The van der Waals surface area contributed by atoms with Crippen molar-refractivity contribution in [1.29, 1.82) is 0 Å². The van der Waals surface area contributed by atoms with Crippen LogP contribution < -0.4 is 21.9 Å². The molecule has 0 amide bonds. The Morgan fingerprint density at radius 1 is 1.35 bits per heavy atom. The first-order valence-electron chi connectivity index (χ1n) is 7.69. The number of anilines is 1. The van der Waals surface area contributed by atoms with Crippen LogP contribution >= 0.6 is 0 Å². The van der Waals surface area contributed by atoms with E-state index in [1.807, 2.05) is 0 Å². The maximum Gasteiger partial charge on any atom is 0.330 e. The quantitative estimate of drug-likeness (QED) is 0.792. The molecule has 0 aromatic carbocycles. The first-order valence-corrected chi connectivity index (χ1v) is 7.69. The van der Waals surface area contributed by atoms with Gasteiger partial charge >= 0.3 is 5.69 Å². The van der Waals surface area contributed by atoms with Gasteiger partial charge in [-0.05, 0) is 19.4 Å². The molecule has 2 unspecified atom stereocenters. The molecule has 2 aromatic rings. The highest BCUT2D eigenvalue weighted by Gasteiger charge is 2.34. The summed E-state index contributed by atoms with van der Waals surface area (Å²) in [5, 5.41) is 0.270. The predicted octanol–water partition coefficient (Wildman–Crippen LogP) is -0.452. The molecule has 4 rings (SSSR count). The molecule has 2 atom stereocenters. The Balaban J connectivity index is 1.83. The molecular weight excluding hydrogens is 303 g/mol. The van der Waals surface area contributed by atoms with E-state index in [1.165, 1.54) is 10.8 Å². The van der Waals surface area contributed by atoms with Gasteiger partial charge in [-0.2, -0.15) is 4.98 Å². The normalized spacial score (nSPS) is 24.5. The van der Waals surface area contributed by atoms with Gasteiger partial charge in [0.05, 0.1) is 6.54 Å². The third-order valence-corrected chi connectivity index (χ3v) is 4.53. The fourth-order valence-electron chi connectivity index (χ4n) is 3.07. The van der Waals surface area contributed by atoms with Crippen LogP contribution in [0.1, 0.15) is 18.9 Å². The van der Waals surface area contributed by atoms with Crippen molar-refractivity contribution >= 4 is 17.0 Å². The van der Waals surface area contributed by atoms with Gasteiger partial charge in [-0.3, -0.25) is 14.3 Å². The van der Waals surface area contributed by atoms with Gasteiger partial charge in [-0.1, -0.05) is 0 Å². The van der Waals surface area contributed by atoms with Gasteiger partial charge in [0.1, 0.15) is 11.6 Å². The number of aromatic nitrogens is 4. The van der Waals surface area contributed by atoms with Crippen molar-refractivity contribution in [2.45, 2.75) is 25.1 Å². The van der Waals surface area contributed by atoms with Gasteiger partial charge in [0.2, 0.25) is 5.95 Å². The number of aromatic amines is 1. The van der Waals surface area contributed by atoms with E-state index in [4.69, 9.17) is 5.73 Å². The van der Waals surface area contributed by atoms with Gasteiger partial charge in [-0.25, -0.2) is 14.2 Å². The zero-order valence-corrected chi connectivity index (χ0v) is 12.4. The Morgan fingerprint density at radius 2 is 2.13 bits per heavy atom. The highest BCUT2D eigenvalue weighted by molar-refractivity contribution is 5.74. The topological polar surface area (TPSA) is 110 Å². The molecule has 2 aromatic heterocycles. The summed E-state index contributed by atoms with van der Waals surface area (Å²) in [7, 11) is 0. The van der Waals surface area contributed by atoms with Crippen LogP contribution in [-0.2, 0) is 0 Å². The minimum absolute atomic E-state index is 0.0638. The van der Waals surface area contributed by atoms with Crippen LogP contribution in [0.5, 0.6) is 0 Å². The number of nitrogens with two attached hydrogens (primary N) is 1. The molecule has 23 heavy (non-hydrogen) atoms. The standard InChI is InChI=1S/C14H17FN6O2/c15-10-6-20(5-7(10)3-16)13-17-4-9-11(18-13)21(8-1-2-8)14(23)19-12(9)22/h4,7-8,10H,1-3,5-6,16H2,(H,19,22,23). The summed E-state index contributed by atoms with van der Waals surface area (Å²) in [4.78, 5) is 36.6. The number of halogens is 1. The summed E-state index contributed by atoms with van der Waals surface area (Å²) in [6, 6.07) is 0.0638. The molecule has 122 valence electrons. The van der Waals surface area contributed by atoms with E-state index in [2.05, 4.69) is 15.0 Å². The van der Waals surface area contributed by atoms with Crippen molar-refractivity contribution in [2.75, 3.05) is 24.5 Å². The highest BCUT2D eigenvalue weighted by Crippen LogP contribution is 2.35. The summed E-state index contributed by atoms with van der Waals surface area (Å²) in [5.74, 6) is 0.0783. The number of fused-ring (bicyclic) bond motifs is 1. The average molecular weight is 320 g/mol. The summed E-state index contributed by atoms with van der Waals surface area (Å²) < 4.78 is 15.4. The third-order valence-electron chi connectivity index (χ3n) is 4.53. The lowest BCUT2D eigenvalue weighted by Crippen LogP contribution is -2.31. The van der Waals surface area contributed by atoms with Crippen molar-refractivity contribution in [2.24, 2.45) is 11.7 Å². The molecule has 1 aliphatic heterocycles. The van der Waals surface area contributed by atoms with Crippen LogP contribution in [0, 0.1) is 5.92 Å². The molecule has 0 radical (unpaired) electrons. The molecule has 3 N–H and O–H groups in total. The van der Waals surface area contributed by atoms with Gasteiger partial charge in [0.15, 0.2) is 5.65 Å². The SMILES string of the molecule is NCC1CN(c2ncc3c(=O)[nH]c(=O)n(C4CC4)c3n2)CC1F. The minimum atomic E-state index is -1.02. The van der Waals surface area contributed by atoms with Crippen LogP contribution in [-0.4, -0.2) is 45.3 Å². The van der Waals surface area contributed by atoms with Gasteiger partial charge in [-0.15, -0.1) is 0 Å². The molecule has 0 spiro atoms. The maximum absolute atomic E-state index is 13.9. The number of nitrogens with zero attached hydrogens (tertiary/aromatic N) is 4. The molecule has 2 fully saturated rings. The number of H-pyrrole nitrogens is 1. The molecule has 1 aliphatic carbocycles. The van der Waals surface area contributed by atoms with E-state index >= 15 is 0 Å². The fourth-order valence-corrected chi connectivity index (χ4v) is 3.07. The Labute approximate surface area is 130 Å². The summed E-state index contributed by atoms with van der Waals surface area (Å²) in [6.07, 6.45) is 2.14. The zero-order chi connectivity index (χ0) is 16.1.